The fourth-order valence-corrected chi connectivity index (χ4v) is 4.38. The van der Waals surface area contributed by atoms with E-state index in [9.17, 15) is 0 Å². The minimum absolute atomic E-state index is 0.274. The first-order chi connectivity index (χ1) is 10.0. The third-order valence-corrected chi connectivity index (χ3v) is 6.15. The summed E-state index contributed by atoms with van der Waals surface area (Å²) in [5, 5.41) is 4.82. The van der Waals surface area contributed by atoms with Crippen molar-refractivity contribution in [1.29, 1.82) is 0 Å². The molecule has 21 heavy (non-hydrogen) atoms. The van der Waals surface area contributed by atoms with Gasteiger partial charge in [0.05, 0.1) is 5.39 Å². The van der Waals surface area contributed by atoms with Gasteiger partial charge in [-0.2, -0.15) is 0 Å². The topological polar surface area (TPSA) is 41.1 Å². The van der Waals surface area contributed by atoms with E-state index in [2.05, 4.69) is 48.1 Å². The van der Waals surface area contributed by atoms with E-state index in [1.807, 2.05) is 0 Å². The number of thiophene rings is 1. The Morgan fingerprint density at radius 1 is 1.24 bits per heavy atom. The molecule has 1 aliphatic carbocycles. The van der Waals surface area contributed by atoms with E-state index in [4.69, 9.17) is 0 Å². The summed E-state index contributed by atoms with van der Waals surface area (Å²) >= 11 is 1.75. The van der Waals surface area contributed by atoms with E-state index >= 15 is 0 Å². The summed E-state index contributed by atoms with van der Waals surface area (Å²) < 4.78 is 0. The van der Waals surface area contributed by atoms with E-state index in [-0.39, 0.29) is 5.54 Å². The van der Waals surface area contributed by atoms with Gasteiger partial charge in [-0.25, -0.2) is 9.97 Å². The number of hydrogen-bond acceptors (Lipinski definition) is 5. The number of likely N-dealkylation sites (N-methyl/N-ethyl adjacent to an activating group) is 1. The molecule has 1 saturated carbocycles. The standard InChI is InChI=1S/C16H24N4S/c1-11-12(2)21-15-13(11)14(18-10-19-15)17-9-16(20(3)4)7-5-6-8-16/h10H,5-9H2,1-4H3,(H,17,18,19). The molecule has 4 nitrogen and oxygen atoms in total. The van der Waals surface area contributed by atoms with E-state index in [1.54, 1.807) is 17.7 Å². The maximum Gasteiger partial charge on any atom is 0.138 e. The number of hydrogen-bond donors (Lipinski definition) is 1. The molecule has 0 atom stereocenters. The molecular formula is C16H24N4S. The minimum atomic E-state index is 0.274. The molecule has 0 amide bonds. The Morgan fingerprint density at radius 3 is 2.62 bits per heavy atom. The number of fused-ring (bicyclic) bond motifs is 1. The predicted molar refractivity (Wildman–Crippen MR) is 90.3 cm³/mol. The van der Waals surface area contributed by atoms with Crippen molar-refractivity contribution < 1.29 is 0 Å². The van der Waals surface area contributed by atoms with E-state index in [0.717, 1.165) is 17.2 Å². The molecule has 0 aliphatic heterocycles. The zero-order valence-electron chi connectivity index (χ0n) is 13.4. The molecule has 0 bridgehead atoms. The average molecular weight is 304 g/mol. The average Bonchev–Trinajstić information content (AvgIpc) is 3.04. The van der Waals surface area contributed by atoms with Crippen LogP contribution in [-0.4, -0.2) is 41.0 Å². The summed E-state index contributed by atoms with van der Waals surface area (Å²) in [6.45, 7) is 5.28. The Balaban J connectivity index is 1.88. The number of nitrogens with one attached hydrogen (secondary N) is 1. The fourth-order valence-electron chi connectivity index (χ4n) is 3.38. The molecule has 0 saturated heterocycles. The van der Waals surface area contributed by atoms with Gasteiger partial charge in [0.25, 0.3) is 0 Å². The maximum absolute atomic E-state index is 4.50. The zero-order valence-corrected chi connectivity index (χ0v) is 14.2. The number of aryl methyl sites for hydroxylation is 2. The van der Waals surface area contributed by atoms with Crippen molar-refractivity contribution in [2.75, 3.05) is 26.0 Å². The Hall–Kier alpha value is -1.20. The number of anilines is 1. The summed E-state index contributed by atoms with van der Waals surface area (Å²) in [4.78, 5) is 13.7. The van der Waals surface area contributed by atoms with Crippen molar-refractivity contribution in [3.8, 4) is 0 Å². The number of aromatic nitrogens is 2. The van der Waals surface area contributed by atoms with Crippen LogP contribution in [0.5, 0.6) is 0 Å². The molecule has 0 spiro atoms. The minimum Gasteiger partial charge on any atom is -0.368 e. The lowest BCUT2D eigenvalue weighted by Crippen LogP contribution is -2.47. The van der Waals surface area contributed by atoms with E-state index in [1.165, 1.54) is 41.5 Å². The smallest absolute Gasteiger partial charge is 0.138 e. The molecule has 0 radical (unpaired) electrons. The second-order valence-corrected chi connectivity index (χ2v) is 7.57. The second kappa shape index (κ2) is 5.54. The molecule has 3 rings (SSSR count). The first-order valence-electron chi connectivity index (χ1n) is 7.65. The highest BCUT2D eigenvalue weighted by atomic mass is 32.1. The van der Waals surface area contributed by atoms with Crippen molar-refractivity contribution in [2.24, 2.45) is 0 Å². The normalized spacial score (nSPS) is 17.8. The van der Waals surface area contributed by atoms with Crippen LogP contribution in [0.1, 0.15) is 36.1 Å². The summed E-state index contributed by atoms with van der Waals surface area (Å²) in [6.07, 6.45) is 6.87. The largest absolute Gasteiger partial charge is 0.368 e. The first kappa shape index (κ1) is 14.7. The van der Waals surface area contributed by atoms with Gasteiger partial charge in [0.15, 0.2) is 0 Å². The molecule has 0 unspecified atom stereocenters. The van der Waals surface area contributed by atoms with Crippen LogP contribution < -0.4 is 5.32 Å². The highest BCUT2D eigenvalue weighted by molar-refractivity contribution is 7.18. The van der Waals surface area contributed by atoms with Crippen LogP contribution in [0.4, 0.5) is 5.82 Å². The van der Waals surface area contributed by atoms with Crippen LogP contribution in [0.2, 0.25) is 0 Å². The second-order valence-electron chi connectivity index (χ2n) is 6.37. The maximum atomic E-state index is 4.50. The Kier molecular flexibility index (Phi) is 3.88. The molecule has 114 valence electrons. The zero-order chi connectivity index (χ0) is 15.0. The molecule has 2 aromatic rings. The third-order valence-electron chi connectivity index (χ3n) is 5.03. The van der Waals surface area contributed by atoms with Crippen molar-refractivity contribution in [3.63, 3.8) is 0 Å². The van der Waals surface area contributed by atoms with Gasteiger partial charge in [0.2, 0.25) is 0 Å². The molecule has 2 heterocycles. The van der Waals surface area contributed by atoms with Crippen LogP contribution in [0.3, 0.4) is 0 Å². The van der Waals surface area contributed by atoms with Gasteiger partial charge >= 0.3 is 0 Å². The molecule has 2 aromatic heterocycles. The van der Waals surface area contributed by atoms with E-state index in [0.29, 0.717) is 0 Å². The highest BCUT2D eigenvalue weighted by Gasteiger charge is 2.35. The SMILES string of the molecule is Cc1sc2ncnc(NCC3(N(C)C)CCCC3)c2c1C. The van der Waals surface area contributed by atoms with Gasteiger partial charge < -0.3 is 10.2 Å². The van der Waals surface area contributed by atoms with Gasteiger partial charge in [-0.1, -0.05) is 12.8 Å². The van der Waals surface area contributed by atoms with Gasteiger partial charge in [0, 0.05) is 17.0 Å². The van der Waals surface area contributed by atoms with Crippen molar-refractivity contribution in [2.45, 2.75) is 45.1 Å². The Bertz CT molecular complexity index is 641. The van der Waals surface area contributed by atoms with Gasteiger partial charge in [0.1, 0.15) is 17.0 Å². The number of nitrogens with zero attached hydrogens (tertiary/aromatic N) is 3. The Labute approximate surface area is 130 Å². The third kappa shape index (κ3) is 2.53. The lowest BCUT2D eigenvalue weighted by molar-refractivity contribution is 0.172. The first-order valence-corrected chi connectivity index (χ1v) is 8.47. The lowest BCUT2D eigenvalue weighted by atomic mass is 9.96. The summed E-state index contributed by atoms with van der Waals surface area (Å²) in [7, 11) is 4.39. The lowest BCUT2D eigenvalue weighted by Gasteiger charge is -2.36. The van der Waals surface area contributed by atoms with Gasteiger partial charge in [-0.05, 0) is 46.3 Å². The molecule has 0 aromatic carbocycles. The van der Waals surface area contributed by atoms with Crippen molar-refractivity contribution in [3.05, 3.63) is 16.8 Å². The quantitative estimate of drug-likeness (QED) is 0.937. The van der Waals surface area contributed by atoms with Crippen molar-refractivity contribution >= 4 is 27.4 Å². The Morgan fingerprint density at radius 2 is 1.95 bits per heavy atom. The molecular weight excluding hydrogens is 280 g/mol. The molecule has 5 heteroatoms. The molecule has 1 aliphatic rings. The van der Waals surface area contributed by atoms with Gasteiger partial charge in [-0.3, -0.25) is 0 Å². The van der Waals surface area contributed by atoms with Crippen LogP contribution in [0.25, 0.3) is 10.2 Å². The van der Waals surface area contributed by atoms with E-state index < -0.39 is 0 Å². The van der Waals surface area contributed by atoms with Crippen molar-refractivity contribution in [1.82, 2.24) is 14.9 Å². The van der Waals surface area contributed by atoms with Crippen LogP contribution in [0.15, 0.2) is 6.33 Å². The van der Waals surface area contributed by atoms with Crippen LogP contribution in [-0.2, 0) is 0 Å². The summed E-state index contributed by atoms with van der Waals surface area (Å²) in [5.41, 5.74) is 1.58. The number of rotatable bonds is 4. The highest BCUT2D eigenvalue weighted by Crippen LogP contribution is 2.36. The van der Waals surface area contributed by atoms with Crippen LogP contribution >= 0.6 is 11.3 Å². The van der Waals surface area contributed by atoms with Gasteiger partial charge in [-0.15, -0.1) is 11.3 Å². The predicted octanol–water partition coefficient (Wildman–Crippen LogP) is 3.59. The summed E-state index contributed by atoms with van der Waals surface area (Å²) in [5.74, 6) is 0.995. The fraction of sp³-hybridized carbons (Fsp3) is 0.625. The van der Waals surface area contributed by atoms with Crippen LogP contribution in [0, 0.1) is 13.8 Å². The monoisotopic (exact) mass is 304 g/mol. The molecule has 1 fully saturated rings. The molecule has 1 N–H and O–H groups in total. The summed E-state index contributed by atoms with van der Waals surface area (Å²) in [6, 6.07) is 0.